The summed E-state index contributed by atoms with van der Waals surface area (Å²) in [6.07, 6.45) is -1.99. The lowest BCUT2D eigenvalue weighted by atomic mass is 10.0. The molecule has 2 aliphatic rings. The molecule has 0 radical (unpaired) electrons. The highest BCUT2D eigenvalue weighted by Crippen LogP contribution is 2.45. The summed E-state index contributed by atoms with van der Waals surface area (Å²) in [6, 6.07) is 12.1. The van der Waals surface area contributed by atoms with Crippen LogP contribution in [0.2, 0.25) is 0 Å². The third kappa shape index (κ3) is 7.18. The van der Waals surface area contributed by atoms with Crippen LogP contribution in [0.1, 0.15) is 60.2 Å². The lowest BCUT2D eigenvalue weighted by Crippen LogP contribution is -2.43. The van der Waals surface area contributed by atoms with Crippen LogP contribution >= 0.6 is 0 Å². The minimum Gasteiger partial charge on any atom is -0.462 e. The number of nitrogens with zero attached hydrogens (tertiary/aromatic N) is 2. The van der Waals surface area contributed by atoms with Crippen LogP contribution in [0.4, 0.5) is 23.7 Å². The minimum absolute atomic E-state index is 0.120. The zero-order valence-corrected chi connectivity index (χ0v) is 22.4. The van der Waals surface area contributed by atoms with Crippen molar-refractivity contribution in [3.05, 3.63) is 65.4 Å². The van der Waals surface area contributed by atoms with E-state index in [-0.39, 0.29) is 48.3 Å². The highest BCUT2D eigenvalue weighted by molar-refractivity contribution is 5.92. The number of rotatable bonds is 9. The first-order valence-electron chi connectivity index (χ1n) is 13.5. The van der Waals surface area contributed by atoms with Gasteiger partial charge in [0.05, 0.1) is 24.9 Å². The Morgan fingerprint density at radius 1 is 1.05 bits per heavy atom. The van der Waals surface area contributed by atoms with Crippen LogP contribution in [0.3, 0.4) is 0 Å². The van der Waals surface area contributed by atoms with E-state index < -0.39 is 12.3 Å². The molecule has 2 amide bonds. The van der Waals surface area contributed by atoms with Crippen molar-refractivity contribution in [2.45, 2.75) is 57.6 Å². The summed E-state index contributed by atoms with van der Waals surface area (Å²) in [5.74, 6) is 0.0238. The molecule has 5 rings (SSSR count). The summed E-state index contributed by atoms with van der Waals surface area (Å²) in [7, 11) is 0. The number of piperidine rings is 1. The van der Waals surface area contributed by atoms with Gasteiger partial charge in [-0.1, -0.05) is 17.3 Å². The third-order valence-electron chi connectivity index (χ3n) is 6.97. The molecule has 218 valence electrons. The molecule has 1 N–H and O–H groups in total. The number of para-hydroxylation sites is 1. The number of benzene rings is 2. The number of esters is 1. The molecular weight excluding hydrogens is 543 g/mol. The molecule has 0 bridgehead atoms. The van der Waals surface area contributed by atoms with Gasteiger partial charge in [-0.25, -0.2) is 9.59 Å². The zero-order chi connectivity index (χ0) is 29.0. The number of carbonyl (C=O) groups is 2. The van der Waals surface area contributed by atoms with Crippen molar-refractivity contribution in [1.29, 1.82) is 0 Å². The van der Waals surface area contributed by atoms with Crippen molar-refractivity contribution in [1.82, 2.24) is 10.1 Å². The number of likely N-dealkylation sites (tertiary alicyclic amines) is 1. The average molecular weight is 574 g/mol. The Labute approximate surface area is 234 Å². The Balaban J connectivity index is 1.18. The van der Waals surface area contributed by atoms with Gasteiger partial charge < -0.3 is 29.0 Å². The van der Waals surface area contributed by atoms with Gasteiger partial charge in [-0.2, -0.15) is 0 Å². The first-order valence-corrected chi connectivity index (χ1v) is 13.5. The van der Waals surface area contributed by atoms with E-state index in [0.717, 1.165) is 12.8 Å². The predicted molar refractivity (Wildman–Crippen MR) is 141 cm³/mol. The van der Waals surface area contributed by atoms with Crippen LogP contribution in [0.25, 0.3) is 11.3 Å². The van der Waals surface area contributed by atoms with E-state index in [1.165, 1.54) is 18.2 Å². The number of carbonyl (C=O) groups excluding carboxylic acids is 2. The van der Waals surface area contributed by atoms with E-state index in [2.05, 4.69) is 15.2 Å². The maximum atomic E-state index is 13.0. The number of aromatic nitrogens is 1. The van der Waals surface area contributed by atoms with Gasteiger partial charge in [0, 0.05) is 35.8 Å². The lowest BCUT2D eigenvalue weighted by Gasteiger charge is -2.32. The van der Waals surface area contributed by atoms with E-state index in [1.807, 2.05) is 0 Å². The predicted octanol–water partition coefficient (Wildman–Crippen LogP) is 6.51. The molecule has 1 aromatic heterocycles. The van der Waals surface area contributed by atoms with E-state index in [9.17, 15) is 22.8 Å². The van der Waals surface area contributed by atoms with Crippen LogP contribution < -0.4 is 10.1 Å². The molecule has 2 aromatic carbocycles. The number of hydrogen-bond acceptors (Lipinski definition) is 7. The van der Waals surface area contributed by atoms with Crippen molar-refractivity contribution in [2.75, 3.05) is 25.0 Å². The maximum absolute atomic E-state index is 13.0. The number of alkyl halides is 3. The van der Waals surface area contributed by atoms with Gasteiger partial charge in [0.25, 0.3) is 0 Å². The second kappa shape index (κ2) is 12.2. The van der Waals surface area contributed by atoms with E-state index >= 15 is 0 Å². The normalized spacial score (nSPS) is 16.0. The van der Waals surface area contributed by atoms with Gasteiger partial charge >= 0.3 is 18.4 Å². The van der Waals surface area contributed by atoms with Crippen molar-refractivity contribution in [3.8, 4) is 17.0 Å². The van der Waals surface area contributed by atoms with Crippen LogP contribution in [-0.2, 0) is 16.1 Å². The fourth-order valence-corrected chi connectivity index (χ4v) is 4.75. The molecule has 1 saturated heterocycles. The third-order valence-corrected chi connectivity index (χ3v) is 6.97. The maximum Gasteiger partial charge on any atom is 0.573 e. The fraction of sp³-hybridized carbons (Fsp3) is 0.414. The summed E-state index contributed by atoms with van der Waals surface area (Å²) < 4.78 is 60.0. The van der Waals surface area contributed by atoms with Gasteiger partial charge in [0.1, 0.15) is 17.2 Å². The van der Waals surface area contributed by atoms with Gasteiger partial charge in [-0.3, -0.25) is 0 Å². The van der Waals surface area contributed by atoms with Crippen molar-refractivity contribution in [3.63, 3.8) is 0 Å². The summed E-state index contributed by atoms with van der Waals surface area (Å²) >= 11 is 0. The molecule has 41 heavy (non-hydrogen) atoms. The van der Waals surface area contributed by atoms with Crippen molar-refractivity contribution >= 4 is 17.7 Å². The van der Waals surface area contributed by atoms with Crippen LogP contribution in [0.15, 0.2) is 53.1 Å². The topological polar surface area (TPSA) is 103 Å². The number of anilines is 1. The zero-order valence-electron chi connectivity index (χ0n) is 22.4. The summed E-state index contributed by atoms with van der Waals surface area (Å²) in [5.41, 5.74) is 2.04. The Morgan fingerprint density at radius 3 is 2.41 bits per heavy atom. The van der Waals surface area contributed by atoms with Gasteiger partial charge in [0.15, 0.2) is 0 Å². The molecular formula is C29H30F3N3O6. The second-order valence-corrected chi connectivity index (χ2v) is 9.92. The van der Waals surface area contributed by atoms with E-state index in [1.54, 1.807) is 42.2 Å². The number of hydrogen-bond donors (Lipinski definition) is 1. The largest absolute Gasteiger partial charge is 0.573 e. The van der Waals surface area contributed by atoms with Crippen molar-refractivity contribution in [2.24, 2.45) is 0 Å². The standard InChI is InChI=1S/C29H30F3N3O6/c1-2-38-27(36)19-9-11-20(12-10-19)33-28(37)35-15-13-21(14-16-35)39-17-23-25(34-41-26(23)18-7-8-18)22-5-3-4-6-24(22)40-29(30,31)32/h3-6,9-12,18,21H,2,7-8,13-17H2,1H3,(H,33,37). The number of nitrogens with one attached hydrogen (secondary N) is 1. The smallest absolute Gasteiger partial charge is 0.462 e. The number of urea groups is 1. The molecule has 0 spiro atoms. The van der Waals surface area contributed by atoms with Crippen LogP contribution in [-0.4, -0.2) is 54.2 Å². The van der Waals surface area contributed by atoms with Gasteiger partial charge in [0.2, 0.25) is 0 Å². The molecule has 0 unspecified atom stereocenters. The SMILES string of the molecule is CCOC(=O)c1ccc(NC(=O)N2CCC(OCc3c(-c4ccccc4OC(F)(F)F)noc3C3CC3)CC2)cc1. The molecule has 3 aromatic rings. The molecule has 1 aliphatic carbocycles. The lowest BCUT2D eigenvalue weighted by molar-refractivity contribution is -0.274. The van der Waals surface area contributed by atoms with Gasteiger partial charge in [-0.15, -0.1) is 13.2 Å². The average Bonchev–Trinajstić information content (AvgIpc) is 3.71. The quantitative estimate of drug-likeness (QED) is 0.291. The highest BCUT2D eigenvalue weighted by Gasteiger charge is 2.36. The first-order chi connectivity index (χ1) is 19.7. The Kier molecular flexibility index (Phi) is 8.48. The Morgan fingerprint density at radius 2 is 1.76 bits per heavy atom. The number of halogens is 3. The van der Waals surface area contributed by atoms with Gasteiger partial charge in [-0.05, 0) is 69.0 Å². The van der Waals surface area contributed by atoms with E-state index in [4.69, 9.17) is 14.0 Å². The Bertz CT molecular complexity index is 1360. The van der Waals surface area contributed by atoms with Crippen LogP contribution in [0, 0.1) is 0 Å². The molecule has 1 saturated carbocycles. The van der Waals surface area contributed by atoms with Crippen molar-refractivity contribution < 1.29 is 41.5 Å². The summed E-state index contributed by atoms with van der Waals surface area (Å²) in [6.45, 7) is 3.06. The van der Waals surface area contributed by atoms with Crippen LogP contribution in [0.5, 0.6) is 5.75 Å². The second-order valence-electron chi connectivity index (χ2n) is 9.92. The molecule has 2 heterocycles. The Hall–Kier alpha value is -4.06. The highest BCUT2D eigenvalue weighted by atomic mass is 19.4. The van der Waals surface area contributed by atoms with E-state index in [0.29, 0.717) is 48.5 Å². The molecule has 1 aliphatic heterocycles. The number of ether oxygens (including phenoxy) is 3. The minimum atomic E-state index is -4.85. The summed E-state index contributed by atoms with van der Waals surface area (Å²) in [5, 5.41) is 6.95. The summed E-state index contributed by atoms with van der Waals surface area (Å²) in [4.78, 5) is 26.3. The number of amides is 2. The fourth-order valence-electron chi connectivity index (χ4n) is 4.75. The molecule has 0 atom stereocenters. The molecule has 12 heteroatoms. The monoisotopic (exact) mass is 573 g/mol. The first kappa shape index (κ1) is 28.5. The molecule has 9 nitrogen and oxygen atoms in total. The molecule has 2 fully saturated rings.